The van der Waals surface area contributed by atoms with Crippen LogP contribution in [0.4, 0.5) is 13.2 Å². The molecule has 4 aromatic heterocycles. The lowest BCUT2D eigenvalue weighted by Gasteiger charge is -2.16. The second kappa shape index (κ2) is 31.2. The van der Waals surface area contributed by atoms with Crippen LogP contribution in [0.5, 0.6) is 11.5 Å². The fraction of sp³-hybridized carbons (Fsp3) is 0.265. The van der Waals surface area contributed by atoms with Crippen LogP contribution >= 0.6 is 12.4 Å². The zero-order chi connectivity index (χ0) is 59.2. The van der Waals surface area contributed by atoms with E-state index < -0.39 is 92.2 Å². The number of amides is 2. The predicted octanol–water partition coefficient (Wildman–Crippen LogP) is -0.524. The number of rotatable bonds is 25. The molecule has 2 aromatic carbocycles. The topological polar surface area (TPSA) is 419 Å². The standard InChI is InChI=1S/C24H28N6O7S.C23H26N4O7S.C2HF3O2.ClH/c25-24(26)27-9-4-5-11-37-18-8-10-30-17(14-18)12-16(13-21(30)31)22(32)28-15-20(23(33)34)29-38(35,36)19-6-2-1-3-7-19;24-9-4-5-11-34-18-8-10-27-17(14-18)12-16(13-21(27)28)22(29)25-15-20(23(30)31)26-35(32,33)19-6-2-1-3-7-19;3-2(4,5)1(6)7;/h1-3,6-8,10,12-14,20,29H,4-5,9,11,15H2,(H,28,32)(H,33,34)(H4,25,26,27);1-3,6-8,10,12-14,20,26H,4-5,9,11,15,24H2,(H,25,29)(H,30,31);(H,6,7);1H/t2*20-;;/m00../s1. The Labute approximate surface area is 465 Å². The van der Waals surface area contributed by atoms with Crippen molar-refractivity contribution in [2.45, 2.75) is 53.7 Å². The molecule has 6 rings (SSSR count). The minimum atomic E-state index is -5.19. The average Bonchev–Trinajstić information content (AvgIpc) is 3.42. The molecule has 26 nitrogen and oxygen atoms in total. The van der Waals surface area contributed by atoms with Crippen molar-refractivity contribution in [1.82, 2.24) is 28.9 Å². The van der Waals surface area contributed by atoms with Gasteiger partial charge in [0.15, 0.2) is 5.96 Å². The minimum Gasteiger partial charge on any atom is -0.542 e. The monoisotopic (exact) mass is 1200 g/mol. The molecule has 13 N–H and O–H groups in total. The molecule has 438 valence electrons. The molecule has 0 unspecified atom stereocenters. The van der Waals surface area contributed by atoms with Crippen LogP contribution in [0.25, 0.3) is 11.0 Å². The first-order valence-corrected chi connectivity index (χ1v) is 26.6. The molecule has 0 aliphatic carbocycles. The van der Waals surface area contributed by atoms with E-state index in [0.29, 0.717) is 55.1 Å². The van der Waals surface area contributed by atoms with Gasteiger partial charge < -0.3 is 57.4 Å². The molecule has 0 fully saturated rings. The smallest absolute Gasteiger partial charge is 0.430 e. The molecule has 0 saturated heterocycles. The Morgan fingerprint density at radius 3 is 1.37 bits per heavy atom. The first-order chi connectivity index (χ1) is 37.7. The number of unbranched alkanes of at least 4 members (excludes halogenated alkanes) is 2. The van der Waals surface area contributed by atoms with Gasteiger partial charge in [0.2, 0.25) is 20.0 Å². The zero-order valence-corrected chi connectivity index (χ0v) is 44.9. The maximum atomic E-state index is 12.7. The highest BCUT2D eigenvalue weighted by Gasteiger charge is 2.29. The van der Waals surface area contributed by atoms with E-state index in [4.69, 9.17) is 30.8 Å². The Kier molecular flexibility index (Phi) is 25.7. The SMILES string of the molecule is Cl.NC(N)=NCCCCOc1ccn2c(=O)cc(C(=O)NC[C@H](NS(=O)(=O)c3ccccc3)C(=O)O)cc2c1.O=C([O-])C(F)(F)F.[NH3+]CCCCOc1ccn2c(=O)cc(C(=O)NC[C@H](NS(=O)(=O)c3ccccc3)C(=O)O)cc2c1. The third-order valence-electron chi connectivity index (χ3n) is 10.6. The molecule has 0 spiro atoms. The van der Waals surface area contributed by atoms with Crippen molar-refractivity contribution in [2.24, 2.45) is 16.5 Å². The molecule has 6 aromatic rings. The van der Waals surface area contributed by atoms with Crippen LogP contribution in [-0.4, -0.2) is 129 Å². The van der Waals surface area contributed by atoms with Gasteiger partial charge in [0.1, 0.15) is 29.6 Å². The summed E-state index contributed by atoms with van der Waals surface area (Å²) < 4.78 is 99.6. The predicted molar refractivity (Wildman–Crippen MR) is 285 cm³/mol. The lowest BCUT2D eigenvalue weighted by Crippen LogP contribution is -2.50. The molecule has 0 bridgehead atoms. The van der Waals surface area contributed by atoms with E-state index in [2.05, 4.69) is 30.8 Å². The highest BCUT2D eigenvalue weighted by molar-refractivity contribution is 7.89. The summed E-state index contributed by atoms with van der Waals surface area (Å²) in [5.74, 6) is -6.40. The van der Waals surface area contributed by atoms with Crippen LogP contribution in [0.2, 0.25) is 0 Å². The Bertz CT molecular complexity index is 3520. The summed E-state index contributed by atoms with van der Waals surface area (Å²) in [5.41, 5.74) is 14.1. The quantitative estimate of drug-likeness (QED) is 0.0198. The number of halogens is 4. The van der Waals surface area contributed by atoms with Gasteiger partial charge in [-0.3, -0.25) is 42.6 Å². The van der Waals surface area contributed by atoms with Gasteiger partial charge in [-0.25, -0.2) is 16.8 Å². The maximum Gasteiger partial charge on any atom is 0.430 e. The number of pyridine rings is 4. The summed E-state index contributed by atoms with van der Waals surface area (Å²) in [7, 11) is -8.26. The molecule has 2 amide bonds. The van der Waals surface area contributed by atoms with E-state index in [-0.39, 0.29) is 39.3 Å². The Balaban J connectivity index is 0.000000377. The number of ether oxygens (including phenoxy) is 2. The lowest BCUT2D eigenvalue weighted by atomic mass is 10.2. The number of aliphatic imine (C=N–C) groups is 1. The second-order valence-corrected chi connectivity index (χ2v) is 20.0. The van der Waals surface area contributed by atoms with Crippen molar-refractivity contribution in [3.05, 3.63) is 153 Å². The molecule has 2 atom stereocenters. The summed E-state index contributed by atoms with van der Waals surface area (Å²) in [6.45, 7) is 1.08. The van der Waals surface area contributed by atoms with Crippen molar-refractivity contribution in [2.75, 3.05) is 39.4 Å². The molecule has 0 radical (unpaired) electrons. The second-order valence-electron chi connectivity index (χ2n) is 16.6. The van der Waals surface area contributed by atoms with Crippen molar-refractivity contribution in [1.29, 1.82) is 0 Å². The number of aliphatic carboxylic acids is 3. The number of nitrogens with zero attached hydrogens (tertiary/aromatic N) is 3. The van der Waals surface area contributed by atoms with Crippen LogP contribution in [-0.2, 0) is 34.4 Å². The summed E-state index contributed by atoms with van der Waals surface area (Å²) in [6, 6.07) is 22.8. The third-order valence-corrected chi connectivity index (χ3v) is 13.5. The number of fused-ring (bicyclic) bond motifs is 2. The van der Waals surface area contributed by atoms with E-state index in [1.165, 1.54) is 81.9 Å². The summed E-state index contributed by atoms with van der Waals surface area (Å²) in [4.78, 5) is 86.0. The van der Waals surface area contributed by atoms with Crippen molar-refractivity contribution < 1.29 is 84.5 Å². The number of alkyl halides is 3. The Hall–Kier alpha value is -8.62. The van der Waals surface area contributed by atoms with Gasteiger partial charge in [0.05, 0.1) is 40.6 Å². The van der Waals surface area contributed by atoms with Crippen molar-refractivity contribution >= 4 is 79.2 Å². The number of carbonyl (C=O) groups is 5. The van der Waals surface area contributed by atoms with Gasteiger partial charge in [-0.15, -0.1) is 12.4 Å². The number of hydrogen-bond donors (Lipinski definition) is 9. The van der Waals surface area contributed by atoms with Crippen LogP contribution < -0.4 is 63.0 Å². The van der Waals surface area contributed by atoms with Crippen molar-refractivity contribution in [3.63, 3.8) is 0 Å². The number of aromatic nitrogens is 2. The number of guanidine groups is 1. The number of carbonyl (C=O) groups excluding carboxylic acids is 3. The van der Waals surface area contributed by atoms with Gasteiger partial charge in [-0.1, -0.05) is 36.4 Å². The van der Waals surface area contributed by atoms with Gasteiger partial charge >= 0.3 is 18.1 Å². The molecule has 0 aliphatic heterocycles. The van der Waals surface area contributed by atoms with Crippen LogP contribution in [0, 0.1) is 0 Å². The van der Waals surface area contributed by atoms with E-state index in [9.17, 15) is 69.0 Å². The molecule has 0 saturated carbocycles. The molecular formula is C49H56ClF3N10O16S2. The van der Waals surface area contributed by atoms with Crippen LogP contribution in [0.15, 0.2) is 146 Å². The van der Waals surface area contributed by atoms with E-state index >= 15 is 0 Å². The number of carboxylic acid groups (broad SMARTS) is 3. The summed E-state index contributed by atoms with van der Waals surface area (Å²) in [6.07, 6.45) is 1.02. The number of quaternary nitrogens is 1. The number of nitrogens with one attached hydrogen (secondary N) is 4. The van der Waals surface area contributed by atoms with Gasteiger partial charge in [-0.05, 0) is 74.2 Å². The number of sulfonamides is 2. The van der Waals surface area contributed by atoms with Crippen LogP contribution in [0.1, 0.15) is 46.4 Å². The first-order valence-electron chi connectivity index (χ1n) is 23.6. The molecular weight excluding hydrogens is 1140 g/mol. The number of carboxylic acids is 3. The van der Waals surface area contributed by atoms with Gasteiger partial charge in [0, 0.05) is 67.4 Å². The largest absolute Gasteiger partial charge is 0.542 e. The fourth-order valence-electron chi connectivity index (χ4n) is 6.61. The fourth-order valence-corrected chi connectivity index (χ4v) is 9.03. The molecule has 0 aliphatic rings. The number of benzene rings is 2. The van der Waals surface area contributed by atoms with E-state index in [0.717, 1.165) is 31.5 Å². The number of nitrogens with two attached hydrogens (primary N) is 2. The Morgan fingerprint density at radius 1 is 0.642 bits per heavy atom. The zero-order valence-electron chi connectivity index (χ0n) is 42.4. The van der Waals surface area contributed by atoms with Crippen LogP contribution in [0.3, 0.4) is 0 Å². The number of hydrogen-bond acceptors (Lipinski definition) is 15. The Morgan fingerprint density at radius 2 is 1.02 bits per heavy atom. The van der Waals surface area contributed by atoms with E-state index in [1.54, 1.807) is 36.4 Å². The third kappa shape index (κ3) is 21.5. The van der Waals surface area contributed by atoms with Crippen molar-refractivity contribution in [3.8, 4) is 11.5 Å². The molecule has 32 heteroatoms. The summed E-state index contributed by atoms with van der Waals surface area (Å²) in [5, 5.41) is 32.4. The highest BCUT2D eigenvalue weighted by Crippen LogP contribution is 2.18. The first kappa shape index (κ1) is 66.7. The molecule has 4 heterocycles. The lowest BCUT2D eigenvalue weighted by molar-refractivity contribution is -0.368. The summed E-state index contributed by atoms with van der Waals surface area (Å²) >= 11 is 0. The average molecular weight is 1200 g/mol. The maximum absolute atomic E-state index is 12.7. The van der Waals surface area contributed by atoms with Gasteiger partial charge in [0.25, 0.3) is 22.9 Å². The minimum absolute atomic E-state index is 0. The van der Waals surface area contributed by atoms with E-state index in [1.807, 2.05) is 0 Å². The van der Waals surface area contributed by atoms with Gasteiger partial charge in [-0.2, -0.15) is 22.6 Å². The molecule has 81 heavy (non-hydrogen) atoms. The normalized spacial score (nSPS) is 11.9. The highest BCUT2D eigenvalue weighted by atomic mass is 35.5.